The van der Waals surface area contributed by atoms with Gasteiger partial charge in [-0.25, -0.2) is 13.2 Å². The SMILES string of the molecule is C[C@@]1(NC(=O)CCc2ccc(C(=O)O)cc2)CCS(=O)(=O)C1. The lowest BCUT2D eigenvalue weighted by atomic mass is 10.0. The lowest BCUT2D eigenvalue weighted by molar-refractivity contribution is -0.122. The number of carbonyl (C=O) groups excluding carboxylic acids is 1. The maximum atomic E-state index is 12.0. The second-order valence-corrected chi connectivity index (χ2v) is 8.14. The minimum Gasteiger partial charge on any atom is -0.478 e. The van der Waals surface area contributed by atoms with E-state index in [0.29, 0.717) is 12.8 Å². The van der Waals surface area contributed by atoms with Crippen LogP contribution in [0.5, 0.6) is 0 Å². The Morgan fingerprint density at radius 3 is 2.41 bits per heavy atom. The fourth-order valence-electron chi connectivity index (χ4n) is 2.58. The van der Waals surface area contributed by atoms with Crippen molar-refractivity contribution in [1.82, 2.24) is 5.32 Å². The predicted octanol–water partition coefficient (Wildman–Crippen LogP) is 1.01. The largest absolute Gasteiger partial charge is 0.478 e. The first-order valence-corrected chi connectivity index (χ1v) is 8.85. The predicted molar refractivity (Wildman–Crippen MR) is 81.5 cm³/mol. The molecule has 0 unspecified atom stereocenters. The topological polar surface area (TPSA) is 101 Å². The van der Waals surface area contributed by atoms with Crippen molar-refractivity contribution in [3.05, 3.63) is 35.4 Å². The Kier molecular flexibility index (Phi) is 4.55. The number of aromatic carboxylic acids is 1. The molecule has 1 amide bonds. The monoisotopic (exact) mass is 325 g/mol. The zero-order chi connectivity index (χ0) is 16.4. The van der Waals surface area contributed by atoms with E-state index in [1.54, 1.807) is 19.1 Å². The molecule has 6 nitrogen and oxygen atoms in total. The number of benzene rings is 1. The Labute approximate surface area is 129 Å². The van der Waals surface area contributed by atoms with Crippen LogP contribution in [0.25, 0.3) is 0 Å². The third-order valence-corrected chi connectivity index (χ3v) is 5.69. The molecule has 7 heteroatoms. The highest BCUT2D eigenvalue weighted by atomic mass is 32.2. The summed E-state index contributed by atoms with van der Waals surface area (Å²) in [5.41, 5.74) is 0.393. The van der Waals surface area contributed by atoms with Gasteiger partial charge in [-0.1, -0.05) is 12.1 Å². The van der Waals surface area contributed by atoms with Gasteiger partial charge in [-0.15, -0.1) is 0 Å². The first kappa shape index (κ1) is 16.5. The van der Waals surface area contributed by atoms with Crippen LogP contribution in [0.4, 0.5) is 0 Å². The van der Waals surface area contributed by atoms with E-state index in [9.17, 15) is 18.0 Å². The number of aryl methyl sites for hydroxylation is 1. The normalized spacial score (nSPS) is 23.1. The van der Waals surface area contributed by atoms with Crippen LogP contribution in [0, 0.1) is 0 Å². The van der Waals surface area contributed by atoms with Crippen LogP contribution in [-0.4, -0.2) is 42.4 Å². The number of carbonyl (C=O) groups is 2. The van der Waals surface area contributed by atoms with Gasteiger partial charge in [0.15, 0.2) is 9.84 Å². The average Bonchev–Trinajstić information content (AvgIpc) is 2.70. The van der Waals surface area contributed by atoms with E-state index in [4.69, 9.17) is 5.11 Å². The molecule has 22 heavy (non-hydrogen) atoms. The molecular formula is C15H19NO5S. The number of nitrogens with one attached hydrogen (secondary N) is 1. The van der Waals surface area contributed by atoms with Crippen LogP contribution >= 0.6 is 0 Å². The van der Waals surface area contributed by atoms with Crippen molar-refractivity contribution in [2.45, 2.75) is 31.7 Å². The van der Waals surface area contributed by atoms with E-state index in [-0.39, 0.29) is 29.4 Å². The van der Waals surface area contributed by atoms with Crippen LogP contribution < -0.4 is 5.32 Å². The van der Waals surface area contributed by atoms with Crippen LogP contribution in [0.15, 0.2) is 24.3 Å². The van der Waals surface area contributed by atoms with Crippen molar-refractivity contribution in [3.8, 4) is 0 Å². The summed E-state index contributed by atoms with van der Waals surface area (Å²) >= 11 is 0. The van der Waals surface area contributed by atoms with E-state index in [1.165, 1.54) is 12.1 Å². The molecule has 2 rings (SSSR count). The van der Waals surface area contributed by atoms with Crippen molar-refractivity contribution in [3.63, 3.8) is 0 Å². The standard InChI is InChI=1S/C15H19NO5S/c1-15(8-9-22(20,21)10-15)16-13(17)7-4-11-2-5-12(6-3-11)14(18)19/h2-3,5-6H,4,7-10H2,1H3,(H,16,17)(H,18,19)/t15-/m1/s1. The maximum Gasteiger partial charge on any atom is 0.335 e. The van der Waals surface area contributed by atoms with E-state index < -0.39 is 21.3 Å². The summed E-state index contributed by atoms with van der Waals surface area (Å²) in [6, 6.07) is 6.36. The molecule has 0 bridgehead atoms. The van der Waals surface area contributed by atoms with Crippen molar-refractivity contribution in [2.24, 2.45) is 0 Å². The molecule has 2 N–H and O–H groups in total. The van der Waals surface area contributed by atoms with Gasteiger partial charge in [-0.05, 0) is 37.5 Å². The summed E-state index contributed by atoms with van der Waals surface area (Å²) in [7, 11) is -3.05. The van der Waals surface area contributed by atoms with Crippen molar-refractivity contribution in [1.29, 1.82) is 0 Å². The minimum absolute atomic E-state index is 0.0148. The van der Waals surface area contributed by atoms with Crippen LogP contribution in [0.1, 0.15) is 35.7 Å². The van der Waals surface area contributed by atoms with Gasteiger partial charge in [0, 0.05) is 6.42 Å². The van der Waals surface area contributed by atoms with Gasteiger partial charge in [-0.2, -0.15) is 0 Å². The fraction of sp³-hybridized carbons (Fsp3) is 0.467. The molecule has 0 radical (unpaired) electrons. The lowest BCUT2D eigenvalue weighted by Gasteiger charge is -2.23. The fourth-order valence-corrected chi connectivity index (χ4v) is 4.67. The zero-order valence-corrected chi connectivity index (χ0v) is 13.1. The van der Waals surface area contributed by atoms with E-state index in [2.05, 4.69) is 5.32 Å². The zero-order valence-electron chi connectivity index (χ0n) is 12.3. The van der Waals surface area contributed by atoms with Gasteiger partial charge < -0.3 is 10.4 Å². The third kappa shape index (κ3) is 4.30. The van der Waals surface area contributed by atoms with Crippen molar-refractivity contribution < 1.29 is 23.1 Å². The summed E-state index contributed by atoms with van der Waals surface area (Å²) < 4.78 is 23.0. The summed E-state index contributed by atoms with van der Waals surface area (Å²) in [5, 5.41) is 11.6. The Morgan fingerprint density at radius 1 is 1.27 bits per heavy atom. The number of rotatable bonds is 5. The number of hydrogen-bond donors (Lipinski definition) is 2. The van der Waals surface area contributed by atoms with Crippen LogP contribution in [0.2, 0.25) is 0 Å². The number of carboxylic acids is 1. The molecule has 1 aromatic rings. The van der Waals surface area contributed by atoms with Crippen LogP contribution in [0.3, 0.4) is 0 Å². The molecule has 1 heterocycles. The molecule has 1 aliphatic heterocycles. The summed E-state index contributed by atoms with van der Waals surface area (Å²) in [5.74, 6) is -1.08. The summed E-state index contributed by atoms with van der Waals surface area (Å²) in [4.78, 5) is 22.7. The molecule has 0 aliphatic carbocycles. The van der Waals surface area contributed by atoms with E-state index in [0.717, 1.165) is 5.56 Å². The lowest BCUT2D eigenvalue weighted by Crippen LogP contribution is -2.47. The highest BCUT2D eigenvalue weighted by molar-refractivity contribution is 7.91. The Hall–Kier alpha value is -1.89. The first-order chi connectivity index (χ1) is 10.2. The highest BCUT2D eigenvalue weighted by Gasteiger charge is 2.39. The Balaban J connectivity index is 1.87. The van der Waals surface area contributed by atoms with Gasteiger partial charge in [0.2, 0.25) is 5.91 Å². The first-order valence-electron chi connectivity index (χ1n) is 7.03. The number of carboxylic acid groups (broad SMARTS) is 1. The molecule has 1 aromatic carbocycles. The molecule has 1 aliphatic rings. The minimum atomic E-state index is -3.05. The molecule has 1 fully saturated rings. The van der Waals surface area contributed by atoms with E-state index >= 15 is 0 Å². The molecule has 1 saturated heterocycles. The second kappa shape index (κ2) is 6.08. The molecule has 0 aromatic heterocycles. The molecule has 120 valence electrons. The van der Waals surface area contributed by atoms with Gasteiger partial charge in [0.1, 0.15) is 0 Å². The molecule has 0 saturated carbocycles. The second-order valence-electron chi connectivity index (χ2n) is 5.95. The third-order valence-electron chi connectivity index (χ3n) is 3.79. The smallest absolute Gasteiger partial charge is 0.335 e. The number of hydrogen-bond acceptors (Lipinski definition) is 4. The quantitative estimate of drug-likeness (QED) is 0.841. The van der Waals surface area contributed by atoms with Gasteiger partial charge >= 0.3 is 5.97 Å². The average molecular weight is 325 g/mol. The molecular weight excluding hydrogens is 306 g/mol. The maximum absolute atomic E-state index is 12.0. The van der Waals surface area contributed by atoms with Crippen molar-refractivity contribution in [2.75, 3.05) is 11.5 Å². The van der Waals surface area contributed by atoms with Gasteiger partial charge in [0.05, 0.1) is 22.6 Å². The van der Waals surface area contributed by atoms with Crippen LogP contribution in [-0.2, 0) is 21.1 Å². The van der Waals surface area contributed by atoms with Gasteiger partial charge in [0.25, 0.3) is 0 Å². The highest BCUT2D eigenvalue weighted by Crippen LogP contribution is 2.23. The Morgan fingerprint density at radius 2 is 1.91 bits per heavy atom. The molecule has 0 spiro atoms. The van der Waals surface area contributed by atoms with E-state index in [1.807, 2.05) is 0 Å². The summed E-state index contributed by atoms with van der Waals surface area (Å²) in [6.07, 6.45) is 1.16. The Bertz CT molecular complexity index is 680. The summed E-state index contributed by atoms with van der Waals surface area (Å²) in [6.45, 7) is 1.75. The number of amides is 1. The van der Waals surface area contributed by atoms with Crippen molar-refractivity contribution >= 4 is 21.7 Å². The molecule has 1 atom stereocenters. The number of sulfone groups is 1. The van der Waals surface area contributed by atoms with Gasteiger partial charge in [-0.3, -0.25) is 4.79 Å².